The van der Waals surface area contributed by atoms with E-state index < -0.39 is 0 Å². The lowest BCUT2D eigenvalue weighted by Gasteiger charge is -2.24. The molecule has 0 aliphatic rings. The van der Waals surface area contributed by atoms with E-state index in [0.717, 1.165) is 17.1 Å². The van der Waals surface area contributed by atoms with Crippen molar-refractivity contribution in [3.8, 4) is 0 Å². The van der Waals surface area contributed by atoms with E-state index in [0.29, 0.717) is 6.54 Å². The second kappa shape index (κ2) is 4.13. The normalized spacial score (nSPS) is 12.9. The van der Waals surface area contributed by atoms with Gasteiger partial charge in [0.15, 0.2) is 0 Å². The first-order valence-corrected chi connectivity index (χ1v) is 5.73. The first-order chi connectivity index (χ1) is 7.16. The van der Waals surface area contributed by atoms with Crippen LogP contribution in [0, 0.1) is 0 Å². The molecule has 3 nitrogen and oxygen atoms in total. The van der Waals surface area contributed by atoms with Crippen LogP contribution in [0.25, 0.3) is 0 Å². The highest BCUT2D eigenvalue weighted by Gasteiger charge is 2.24. The molecule has 90 valence electrons. The average Bonchev–Trinajstić information content (AvgIpc) is 2.14. The van der Waals surface area contributed by atoms with Gasteiger partial charge in [-0.2, -0.15) is 0 Å². The summed E-state index contributed by atoms with van der Waals surface area (Å²) in [7, 11) is 0. The van der Waals surface area contributed by atoms with Gasteiger partial charge in [-0.1, -0.05) is 41.5 Å². The summed E-state index contributed by atoms with van der Waals surface area (Å²) in [6.45, 7) is 13.3. The Morgan fingerprint density at radius 1 is 1.06 bits per heavy atom. The summed E-state index contributed by atoms with van der Waals surface area (Å²) in [5.41, 5.74) is 7.82. The predicted octanol–water partition coefficient (Wildman–Crippen LogP) is 2.53. The first kappa shape index (κ1) is 13.1. The minimum Gasteiger partial charge on any atom is -0.326 e. The molecule has 2 N–H and O–H groups in total. The highest BCUT2D eigenvalue weighted by atomic mass is 14.9. The molecule has 0 saturated heterocycles. The topological polar surface area (TPSA) is 51.8 Å². The Labute approximate surface area is 98.5 Å². The fourth-order valence-electron chi connectivity index (χ4n) is 1.57. The lowest BCUT2D eigenvalue weighted by atomic mass is 9.87. The molecular formula is C13H23N3. The Balaban J connectivity index is 3.34. The van der Waals surface area contributed by atoms with E-state index in [4.69, 9.17) is 10.7 Å². The van der Waals surface area contributed by atoms with Gasteiger partial charge in [-0.3, -0.25) is 0 Å². The quantitative estimate of drug-likeness (QED) is 0.793. The Morgan fingerprint density at radius 2 is 1.62 bits per heavy atom. The van der Waals surface area contributed by atoms with Gasteiger partial charge in [-0.15, -0.1) is 0 Å². The molecule has 1 rings (SSSR count). The van der Waals surface area contributed by atoms with E-state index >= 15 is 0 Å². The van der Waals surface area contributed by atoms with Gasteiger partial charge in [0, 0.05) is 29.1 Å². The van der Waals surface area contributed by atoms with Crippen molar-refractivity contribution in [2.24, 2.45) is 5.73 Å². The van der Waals surface area contributed by atoms with E-state index in [-0.39, 0.29) is 10.8 Å². The van der Waals surface area contributed by atoms with Gasteiger partial charge in [-0.25, -0.2) is 9.97 Å². The zero-order valence-corrected chi connectivity index (χ0v) is 11.3. The third kappa shape index (κ3) is 2.79. The summed E-state index contributed by atoms with van der Waals surface area (Å²) < 4.78 is 0. The van der Waals surface area contributed by atoms with Crippen molar-refractivity contribution < 1.29 is 0 Å². The first-order valence-electron chi connectivity index (χ1n) is 5.73. The summed E-state index contributed by atoms with van der Waals surface area (Å²) in [6, 6.07) is 0. The molecule has 3 heteroatoms. The van der Waals surface area contributed by atoms with Crippen LogP contribution in [0.4, 0.5) is 0 Å². The fourth-order valence-corrected chi connectivity index (χ4v) is 1.57. The Morgan fingerprint density at radius 3 is 2.00 bits per heavy atom. The van der Waals surface area contributed by atoms with Crippen molar-refractivity contribution in [2.75, 3.05) is 0 Å². The second-order valence-corrected chi connectivity index (χ2v) is 6.27. The molecule has 0 atom stereocenters. The molecule has 0 radical (unpaired) electrons. The third-order valence-corrected chi connectivity index (χ3v) is 2.47. The Bertz CT molecular complexity index is 370. The molecular weight excluding hydrogens is 198 g/mol. The van der Waals surface area contributed by atoms with Gasteiger partial charge in [-0.05, 0) is 0 Å². The van der Waals surface area contributed by atoms with Crippen LogP contribution >= 0.6 is 0 Å². The van der Waals surface area contributed by atoms with E-state index in [1.165, 1.54) is 0 Å². The average molecular weight is 221 g/mol. The lowest BCUT2D eigenvalue weighted by molar-refractivity contribution is 0.508. The van der Waals surface area contributed by atoms with Crippen LogP contribution in [0.5, 0.6) is 0 Å². The van der Waals surface area contributed by atoms with Gasteiger partial charge in [0.05, 0.1) is 5.69 Å². The fraction of sp³-hybridized carbons (Fsp3) is 0.692. The van der Waals surface area contributed by atoms with Crippen LogP contribution in [0.3, 0.4) is 0 Å². The maximum Gasteiger partial charge on any atom is 0.133 e. The zero-order valence-electron chi connectivity index (χ0n) is 11.3. The zero-order chi connectivity index (χ0) is 12.6. The molecule has 0 amide bonds. The minimum absolute atomic E-state index is 0.0116. The number of hydrogen-bond donors (Lipinski definition) is 1. The molecule has 0 spiro atoms. The highest BCUT2D eigenvalue weighted by Crippen LogP contribution is 2.26. The smallest absolute Gasteiger partial charge is 0.133 e. The summed E-state index contributed by atoms with van der Waals surface area (Å²) in [6.07, 6.45) is 1.87. The van der Waals surface area contributed by atoms with Crippen LogP contribution in [0.15, 0.2) is 6.20 Å². The van der Waals surface area contributed by atoms with Gasteiger partial charge >= 0.3 is 0 Å². The van der Waals surface area contributed by atoms with Crippen molar-refractivity contribution in [3.63, 3.8) is 0 Å². The molecule has 0 fully saturated rings. The largest absolute Gasteiger partial charge is 0.326 e. The number of hydrogen-bond acceptors (Lipinski definition) is 3. The number of nitrogens with two attached hydrogens (primary N) is 1. The molecule has 16 heavy (non-hydrogen) atoms. The van der Waals surface area contributed by atoms with E-state index in [1.54, 1.807) is 0 Å². The van der Waals surface area contributed by atoms with Crippen molar-refractivity contribution in [2.45, 2.75) is 58.9 Å². The molecule has 1 aromatic rings. The maximum atomic E-state index is 5.73. The van der Waals surface area contributed by atoms with Crippen LogP contribution in [0.1, 0.15) is 58.6 Å². The Kier molecular flexibility index (Phi) is 3.38. The van der Waals surface area contributed by atoms with Gasteiger partial charge < -0.3 is 5.73 Å². The molecule has 0 aromatic carbocycles. The van der Waals surface area contributed by atoms with Gasteiger partial charge in [0.1, 0.15) is 5.82 Å². The number of nitrogens with zero attached hydrogens (tertiary/aromatic N) is 2. The van der Waals surface area contributed by atoms with Crippen LogP contribution in [-0.4, -0.2) is 9.97 Å². The monoisotopic (exact) mass is 221 g/mol. The summed E-state index contributed by atoms with van der Waals surface area (Å²) in [5, 5.41) is 0. The van der Waals surface area contributed by atoms with Crippen LogP contribution < -0.4 is 5.73 Å². The Hall–Kier alpha value is -0.960. The number of aromatic nitrogens is 2. The van der Waals surface area contributed by atoms with Gasteiger partial charge in [0.2, 0.25) is 0 Å². The van der Waals surface area contributed by atoms with Crippen molar-refractivity contribution >= 4 is 0 Å². The summed E-state index contributed by atoms with van der Waals surface area (Å²) in [5.74, 6) is 0.884. The van der Waals surface area contributed by atoms with E-state index in [9.17, 15) is 0 Å². The predicted molar refractivity (Wildman–Crippen MR) is 67.3 cm³/mol. The maximum absolute atomic E-state index is 5.73. The molecule has 0 saturated carbocycles. The van der Waals surface area contributed by atoms with Gasteiger partial charge in [0.25, 0.3) is 0 Å². The molecule has 1 aromatic heterocycles. The lowest BCUT2D eigenvalue weighted by Crippen LogP contribution is -2.24. The number of rotatable bonds is 1. The standard InChI is InChI=1S/C13H23N3/c1-12(2,3)10-9(7-14)8-15-11(16-10)13(4,5)6/h8H,7,14H2,1-6H3. The van der Waals surface area contributed by atoms with Crippen molar-refractivity contribution in [1.29, 1.82) is 0 Å². The molecule has 0 aliphatic heterocycles. The molecule has 0 unspecified atom stereocenters. The van der Waals surface area contributed by atoms with Crippen LogP contribution in [-0.2, 0) is 17.4 Å². The van der Waals surface area contributed by atoms with Crippen molar-refractivity contribution in [3.05, 3.63) is 23.3 Å². The summed E-state index contributed by atoms with van der Waals surface area (Å²) >= 11 is 0. The molecule has 1 heterocycles. The van der Waals surface area contributed by atoms with E-state index in [1.807, 2.05) is 6.20 Å². The SMILES string of the molecule is CC(C)(C)c1ncc(CN)c(C(C)(C)C)n1. The van der Waals surface area contributed by atoms with Crippen molar-refractivity contribution in [1.82, 2.24) is 9.97 Å². The second-order valence-electron chi connectivity index (χ2n) is 6.27. The van der Waals surface area contributed by atoms with Crippen LogP contribution in [0.2, 0.25) is 0 Å². The third-order valence-electron chi connectivity index (χ3n) is 2.47. The molecule has 0 bridgehead atoms. The summed E-state index contributed by atoms with van der Waals surface area (Å²) in [4.78, 5) is 9.10. The van der Waals surface area contributed by atoms with E-state index in [2.05, 4.69) is 46.5 Å². The molecule has 0 aliphatic carbocycles. The minimum atomic E-state index is -0.0207. The highest BCUT2D eigenvalue weighted by molar-refractivity contribution is 5.25.